The van der Waals surface area contributed by atoms with E-state index in [1.165, 1.54) is 27.3 Å². The molecule has 3 heteroatoms. The average Bonchev–Trinajstić information content (AvgIpc) is 3.59. The summed E-state index contributed by atoms with van der Waals surface area (Å²) in [4.78, 5) is 4.69. The molecule has 0 N–H and O–H groups in total. The van der Waals surface area contributed by atoms with Crippen molar-refractivity contribution in [2.24, 2.45) is 0 Å². The summed E-state index contributed by atoms with van der Waals surface area (Å²) in [5.41, 5.74) is 10.7. The monoisotopic (exact) mass is 678 g/mol. The van der Waals surface area contributed by atoms with E-state index in [4.69, 9.17) is 4.42 Å². The first-order valence-corrected chi connectivity index (χ1v) is 18.0. The summed E-state index contributed by atoms with van der Waals surface area (Å²) in [6.45, 7) is 0. The van der Waals surface area contributed by atoms with Crippen molar-refractivity contribution in [3.63, 3.8) is 0 Å². The van der Waals surface area contributed by atoms with Crippen molar-refractivity contribution in [3.05, 3.63) is 206 Å². The zero-order chi connectivity index (χ0) is 35.1. The van der Waals surface area contributed by atoms with E-state index < -0.39 is 0 Å². The molecular weight excluding hydrogens is 645 g/mol. The molecule has 0 aliphatic carbocycles. The van der Waals surface area contributed by atoms with Crippen molar-refractivity contribution in [2.45, 2.75) is 0 Å². The second kappa shape index (κ2) is 12.9. The van der Waals surface area contributed by atoms with Gasteiger partial charge in [0.15, 0.2) is 0 Å². The fourth-order valence-electron chi connectivity index (χ4n) is 7.65. The van der Waals surface area contributed by atoms with Crippen LogP contribution < -0.4 is 9.80 Å². The van der Waals surface area contributed by atoms with Crippen LogP contribution in [-0.4, -0.2) is 0 Å². The quantitative estimate of drug-likeness (QED) is 0.156. The fraction of sp³-hybridized carbons (Fsp3) is 0. The maximum absolute atomic E-state index is 6.27. The second-order valence-corrected chi connectivity index (χ2v) is 13.4. The zero-order valence-corrected chi connectivity index (χ0v) is 28.9. The molecule has 10 rings (SSSR count). The lowest BCUT2D eigenvalue weighted by Crippen LogP contribution is -2.13. The Hall–Kier alpha value is -7.10. The largest absolute Gasteiger partial charge is 0.456 e. The highest BCUT2D eigenvalue weighted by Gasteiger charge is 2.18. The average molecular weight is 679 g/mol. The van der Waals surface area contributed by atoms with E-state index in [9.17, 15) is 0 Å². The Kier molecular flexibility index (Phi) is 7.47. The summed E-state index contributed by atoms with van der Waals surface area (Å²) in [6.07, 6.45) is 0. The van der Waals surface area contributed by atoms with Crippen LogP contribution in [0.15, 0.2) is 211 Å². The summed E-state index contributed by atoms with van der Waals surface area (Å²) in [6, 6.07) is 73.5. The van der Waals surface area contributed by atoms with Crippen molar-refractivity contribution in [2.75, 3.05) is 9.80 Å². The summed E-state index contributed by atoms with van der Waals surface area (Å²) in [5.74, 6) is 0. The Labute approximate surface area is 308 Å². The van der Waals surface area contributed by atoms with Gasteiger partial charge < -0.3 is 14.2 Å². The lowest BCUT2D eigenvalue weighted by Gasteiger charge is -2.29. The van der Waals surface area contributed by atoms with Crippen LogP contribution in [0.25, 0.3) is 54.6 Å². The Morgan fingerprint density at radius 2 is 0.755 bits per heavy atom. The maximum atomic E-state index is 6.27. The van der Waals surface area contributed by atoms with Gasteiger partial charge in [0.2, 0.25) is 0 Å². The Balaban J connectivity index is 1.17. The summed E-state index contributed by atoms with van der Waals surface area (Å²) < 4.78 is 6.27. The molecule has 0 aliphatic rings. The van der Waals surface area contributed by atoms with E-state index in [0.717, 1.165) is 61.4 Å². The molecule has 9 aromatic carbocycles. The summed E-state index contributed by atoms with van der Waals surface area (Å²) in [7, 11) is 0. The van der Waals surface area contributed by atoms with Gasteiger partial charge in [0.1, 0.15) is 11.2 Å². The molecule has 0 unspecified atom stereocenters. The number of furan rings is 1. The minimum absolute atomic E-state index is 0.910. The third-order valence-corrected chi connectivity index (χ3v) is 10.2. The number of nitrogens with zero attached hydrogens (tertiary/aromatic N) is 2. The van der Waals surface area contributed by atoms with Gasteiger partial charge in [0.25, 0.3) is 0 Å². The summed E-state index contributed by atoms with van der Waals surface area (Å²) in [5, 5.41) is 7.02. The molecule has 53 heavy (non-hydrogen) atoms. The molecule has 0 saturated heterocycles. The van der Waals surface area contributed by atoms with Gasteiger partial charge >= 0.3 is 0 Å². The van der Waals surface area contributed by atoms with Crippen molar-refractivity contribution in [3.8, 4) is 11.1 Å². The van der Waals surface area contributed by atoms with E-state index in [0.29, 0.717) is 0 Å². The Bertz CT molecular complexity index is 2840. The van der Waals surface area contributed by atoms with E-state index in [1.807, 2.05) is 12.1 Å². The van der Waals surface area contributed by atoms with E-state index in [1.54, 1.807) is 0 Å². The first kappa shape index (κ1) is 30.7. The predicted molar refractivity (Wildman–Crippen MR) is 224 cm³/mol. The third-order valence-electron chi connectivity index (χ3n) is 10.2. The van der Waals surface area contributed by atoms with Crippen LogP contribution in [0.3, 0.4) is 0 Å². The lowest BCUT2D eigenvalue weighted by molar-refractivity contribution is 0.669. The maximum Gasteiger partial charge on any atom is 0.136 e. The fourth-order valence-corrected chi connectivity index (χ4v) is 7.65. The van der Waals surface area contributed by atoms with E-state index in [-0.39, 0.29) is 0 Å². The normalized spacial score (nSPS) is 11.4. The number of para-hydroxylation sites is 3. The number of hydrogen-bond acceptors (Lipinski definition) is 3. The number of hydrogen-bond donors (Lipinski definition) is 0. The van der Waals surface area contributed by atoms with Crippen LogP contribution in [0.5, 0.6) is 0 Å². The van der Waals surface area contributed by atoms with Crippen LogP contribution >= 0.6 is 0 Å². The number of fused-ring (bicyclic) bond motifs is 6. The number of anilines is 6. The Morgan fingerprint density at radius 1 is 0.264 bits per heavy atom. The molecule has 3 nitrogen and oxygen atoms in total. The summed E-state index contributed by atoms with van der Waals surface area (Å²) >= 11 is 0. The molecular formula is C50H34N2O. The molecule has 0 aliphatic heterocycles. The van der Waals surface area contributed by atoms with Gasteiger partial charge in [-0.1, -0.05) is 121 Å². The molecule has 0 spiro atoms. The first-order valence-electron chi connectivity index (χ1n) is 18.0. The van der Waals surface area contributed by atoms with Crippen LogP contribution in [0.4, 0.5) is 34.1 Å². The van der Waals surface area contributed by atoms with Crippen molar-refractivity contribution in [1.29, 1.82) is 0 Å². The molecule has 1 heterocycles. The van der Waals surface area contributed by atoms with Gasteiger partial charge in [-0.25, -0.2) is 0 Å². The van der Waals surface area contributed by atoms with Gasteiger partial charge in [-0.05, 0) is 118 Å². The van der Waals surface area contributed by atoms with Crippen molar-refractivity contribution >= 4 is 77.6 Å². The SMILES string of the molecule is c1ccc(-c2ccc(N(c3cccc(N(c4ccccc4)c4ccccc4)c3)c3ccc4ccc5cc6oc7ccccc7c6cc5c4c3)cc2)cc1. The topological polar surface area (TPSA) is 19.6 Å². The van der Waals surface area contributed by atoms with E-state index >= 15 is 0 Å². The number of benzene rings is 9. The van der Waals surface area contributed by atoms with Crippen LogP contribution in [0.1, 0.15) is 0 Å². The Morgan fingerprint density at radius 3 is 1.47 bits per heavy atom. The molecule has 0 atom stereocenters. The predicted octanol–water partition coefficient (Wildman–Crippen LogP) is 14.5. The number of rotatable bonds is 7. The highest BCUT2D eigenvalue weighted by molar-refractivity contribution is 6.17. The van der Waals surface area contributed by atoms with Crippen LogP contribution in [-0.2, 0) is 0 Å². The molecule has 1 aromatic heterocycles. The molecule has 0 fully saturated rings. The van der Waals surface area contributed by atoms with Gasteiger partial charge in [0.05, 0.1) is 0 Å². The van der Waals surface area contributed by atoms with Crippen molar-refractivity contribution < 1.29 is 4.42 Å². The van der Waals surface area contributed by atoms with Gasteiger partial charge in [-0.3, -0.25) is 0 Å². The van der Waals surface area contributed by atoms with Crippen LogP contribution in [0, 0.1) is 0 Å². The third kappa shape index (κ3) is 5.56. The smallest absolute Gasteiger partial charge is 0.136 e. The molecule has 0 amide bonds. The highest BCUT2D eigenvalue weighted by atomic mass is 16.3. The minimum Gasteiger partial charge on any atom is -0.456 e. The highest BCUT2D eigenvalue weighted by Crippen LogP contribution is 2.43. The minimum atomic E-state index is 0.910. The van der Waals surface area contributed by atoms with E-state index in [2.05, 4.69) is 204 Å². The van der Waals surface area contributed by atoms with Crippen molar-refractivity contribution in [1.82, 2.24) is 0 Å². The van der Waals surface area contributed by atoms with Gasteiger partial charge in [0, 0.05) is 44.9 Å². The molecule has 0 radical (unpaired) electrons. The second-order valence-electron chi connectivity index (χ2n) is 13.4. The molecule has 10 aromatic rings. The van der Waals surface area contributed by atoms with Crippen LogP contribution in [0.2, 0.25) is 0 Å². The first-order chi connectivity index (χ1) is 26.3. The van der Waals surface area contributed by atoms with Gasteiger partial charge in [-0.2, -0.15) is 0 Å². The molecule has 250 valence electrons. The molecule has 0 bridgehead atoms. The zero-order valence-electron chi connectivity index (χ0n) is 28.9. The standard InChI is InChI=1S/C50H34N2O/c1-4-13-35(14-5-1)36-25-28-41(29-26-36)52(43-20-12-19-42(32-43)51(39-15-6-2-7-16-39)40-17-8-3-9-18-40)44-30-27-37-23-24-38-31-50-48(34-47(38)46(37)33-44)45-21-10-11-22-49(45)53-50/h1-34H. The lowest BCUT2D eigenvalue weighted by atomic mass is 9.98. The van der Waals surface area contributed by atoms with Gasteiger partial charge in [-0.15, -0.1) is 0 Å². The molecule has 0 saturated carbocycles.